The van der Waals surface area contributed by atoms with E-state index in [1.165, 1.54) is 0 Å². The smallest absolute Gasteiger partial charge is 0.107 e. The van der Waals surface area contributed by atoms with Crippen LogP contribution >= 0.6 is 0 Å². The molecule has 2 heteroatoms. The van der Waals surface area contributed by atoms with Gasteiger partial charge in [-0.05, 0) is 12.8 Å². The molecule has 0 aromatic carbocycles. The maximum Gasteiger partial charge on any atom is 0.107 e. The number of rotatable bonds is 4. The van der Waals surface area contributed by atoms with Gasteiger partial charge >= 0.3 is 0 Å². The number of hydrogen-bond acceptors (Lipinski definition) is 2. The summed E-state index contributed by atoms with van der Waals surface area (Å²) in [6.07, 6.45) is 3.50. The van der Waals surface area contributed by atoms with E-state index >= 15 is 0 Å². The van der Waals surface area contributed by atoms with Gasteiger partial charge in [-0.1, -0.05) is 5.92 Å². The molecular weight excluding hydrogens is 138 g/mol. The van der Waals surface area contributed by atoms with Gasteiger partial charge in [-0.15, -0.1) is 5.92 Å². The lowest BCUT2D eigenvalue weighted by Gasteiger charge is -1.87. The van der Waals surface area contributed by atoms with E-state index in [-0.39, 0.29) is 0 Å². The number of methoxy groups -OCH3 is 1. The van der Waals surface area contributed by atoms with E-state index in [2.05, 4.69) is 17.9 Å². The predicted octanol–water partition coefficient (Wildman–Crippen LogP) is 1.72. The third-order valence-electron chi connectivity index (χ3n) is 1.18. The zero-order valence-electron chi connectivity index (χ0n) is 6.89. The fourth-order valence-corrected chi connectivity index (χ4v) is 0.629. The Morgan fingerprint density at radius 3 is 2.55 bits per heavy atom. The van der Waals surface area contributed by atoms with Gasteiger partial charge in [-0.3, -0.25) is 0 Å². The molecule has 0 atom stereocenters. The summed E-state index contributed by atoms with van der Waals surface area (Å²) in [4.78, 5) is 0. The number of nitriles is 1. The van der Waals surface area contributed by atoms with Crippen molar-refractivity contribution in [3.05, 3.63) is 0 Å². The molecule has 60 valence electrons. The summed E-state index contributed by atoms with van der Waals surface area (Å²) in [7, 11) is 1.63. The molecule has 0 aromatic heterocycles. The summed E-state index contributed by atoms with van der Waals surface area (Å²) >= 11 is 0. The second-order valence-corrected chi connectivity index (χ2v) is 2.15. The van der Waals surface area contributed by atoms with Crippen molar-refractivity contribution >= 4 is 0 Å². The summed E-state index contributed by atoms with van der Waals surface area (Å²) in [5.74, 6) is 5.82. The highest BCUT2D eigenvalue weighted by atomic mass is 16.5. The van der Waals surface area contributed by atoms with Crippen molar-refractivity contribution in [2.45, 2.75) is 25.7 Å². The fourth-order valence-electron chi connectivity index (χ4n) is 0.629. The van der Waals surface area contributed by atoms with E-state index in [0.717, 1.165) is 19.3 Å². The van der Waals surface area contributed by atoms with E-state index in [9.17, 15) is 0 Å². The number of hydrogen-bond donors (Lipinski definition) is 0. The fraction of sp³-hybridized carbons (Fsp3) is 0.667. The zero-order valence-corrected chi connectivity index (χ0v) is 6.89. The molecule has 0 amide bonds. The molecule has 2 nitrogen and oxygen atoms in total. The van der Waals surface area contributed by atoms with Gasteiger partial charge in [0.1, 0.15) is 6.61 Å². The highest BCUT2D eigenvalue weighted by Gasteiger charge is 1.82. The van der Waals surface area contributed by atoms with Crippen LogP contribution in [0.4, 0.5) is 0 Å². The SMILES string of the molecule is COCC#CCCCCC#N. The van der Waals surface area contributed by atoms with Crippen molar-refractivity contribution in [2.24, 2.45) is 0 Å². The lowest BCUT2D eigenvalue weighted by molar-refractivity contribution is 0.239. The van der Waals surface area contributed by atoms with Crippen molar-refractivity contribution in [2.75, 3.05) is 13.7 Å². The molecule has 0 radical (unpaired) electrons. The van der Waals surface area contributed by atoms with Crippen molar-refractivity contribution in [3.63, 3.8) is 0 Å². The zero-order chi connectivity index (χ0) is 8.36. The van der Waals surface area contributed by atoms with Crippen LogP contribution < -0.4 is 0 Å². The average molecular weight is 151 g/mol. The minimum absolute atomic E-state index is 0.512. The Balaban J connectivity index is 3.03. The van der Waals surface area contributed by atoms with E-state index in [1.54, 1.807) is 7.11 Å². The van der Waals surface area contributed by atoms with Crippen LogP contribution in [0.5, 0.6) is 0 Å². The third kappa shape index (κ3) is 9.01. The first-order chi connectivity index (χ1) is 5.41. The summed E-state index contributed by atoms with van der Waals surface area (Å²) < 4.78 is 4.74. The maximum absolute atomic E-state index is 8.20. The van der Waals surface area contributed by atoms with Gasteiger partial charge in [0.2, 0.25) is 0 Å². The molecule has 11 heavy (non-hydrogen) atoms. The van der Waals surface area contributed by atoms with Gasteiger partial charge in [0.05, 0.1) is 6.07 Å². The Kier molecular flexibility index (Phi) is 8.20. The molecule has 0 aromatic rings. The quantitative estimate of drug-likeness (QED) is 0.452. The standard InChI is InChI=1S/C9H13NO/c1-11-9-7-5-3-2-4-6-8-10/h2-4,6,9H2,1H3. The molecule has 0 aliphatic carbocycles. The van der Waals surface area contributed by atoms with Gasteiger partial charge in [0.25, 0.3) is 0 Å². The van der Waals surface area contributed by atoms with Gasteiger partial charge in [0, 0.05) is 20.0 Å². The minimum atomic E-state index is 0.512. The largest absolute Gasteiger partial charge is 0.372 e. The second-order valence-electron chi connectivity index (χ2n) is 2.15. The number of unbranched alkanes of at least 4 members (excludes halogenated alkanes) is 3. The normalized spacial score (nSPS) is 8.00. The van der Waals surface area contributed by atoms with Crippen LogP contribution in [-0.4, -0.2) is 13.7 Å². The van der Waals surface area contributed by atoms with Crippen molar-refractivity contribution in [1.29, 1.82) is 5.26 Å². The highest BCUT2D eigenvalue weighted by Crippen LogP contribution is 1.96. The van der Waals surface area contributed by atoms with E-state index in [1.807, 2.05) is 0 Å². The Hall–Kier alpha value is -0.990. The van der Waals surface area contributed by atoms with E-state index < -0.39 is 0 Å². The van der Waals surface area contributed by atoms with E-state index in [4.69, 9.17) is 10.00 Å². The molecule has 0 fully saturated rings. The van der Waals surface area contributed by atoms with Crippen molar-refractivity contribution < 1.29 is 4.74 Å². The van der Waals surface area contributed by atoms with Crippen LogP contribution in [0, 0.1) is 23.2 Å². The first-order valence-corrected chi connectivity index (χ1v) is 3.73. The van der Waals surface area contributed by atoms with Crippen molar-refractivity contribution in [1.82, 2.24) is 0 Å². The first kappa shape index (κ1) is 10.0. The molecule has 0 unspecified atom stereocenters. The van der Waals surface area contributed by atoms with Crippen LogP contribution in [0.1, 0.15) is 25.7 Å². The van der Waals surface area contributed by atoms with Crippen LogP contribution in [0.2, 0.25) is 0 Å². The molecule has 0 spiro atoms. The summed E-state index contributed by atoms with van der Waals surface area (Å²) in [6, 6.07) is 2.10. The summed E-state index contributed by atoms with van der Waals surface area (Å²) in [6.45, 7) is 0.512. The van der Waals surface area contributed by atoms with Gasteiger partial charge in [0.15, 0.2) is 0 Å². The molecule has 0 rings (SSSR count). The second kappa shape index (κ2) is 9.01. The van der Waals surface area contributed by atoms with Gasteiger partial charge < -0.3 is 4.74 Å². The molecule has 0 aliphatic rings. The average Bonchev–Trinajstić information content (AvgIpc) is 2.03. The van der Waals surface area contributed by atoms with Gasteiger partial charge in [-0.2, -0.15) is 5.26 Å². The summed E-state index contributed by atoms with van der Waals surface area (Å²) in [5.41, 5.74) is 0. The molecule has 0 saturated heterocycles. The highest BCUT2D eigenvalue weighted by molar-refractivity contribution is 4.98. The lowest BCUT2D eigenvalue weighted by atomic mass is 10.2. The predicted molar refractivity (Wildman–Crippen MR) is 43.7 cm³/mol. The Morgan fingerprint density at radius 1 is 1.18 bits per heavy atom. The number of ether oxygens (including phenoxy) is 1. The van der Waals surface area contributed by atoms with Crippen molar-refractivity contribution in [3.8, 4) is 17.9 Å². The first-order valence-electron chi connectivity index (χ1n) is 3.73. The lowest BCUT2D eigenvalue weighted by Crippen LogP contribution is -1.81. The maximum atomic E-state index is 8.20. The minimum Gasteiger partial charge on any atom is -0.372 e. The molecular formula is C9H13NO. The third-order valence-corrected chi connectivity index (χ3v) is 1.18. The molecule has 0 bridgehead atoms. The topological polar surface area (TPSA) is 33.0 Å². The summed E-state index contributed by atoms with van der Waals surface area (Å²) in [5, 5.41) is 8.20. The molecule has 0 saturated carbocycles. The Bertz CT molecular complexity index is 170. The van der Waals surface area contributed by atoms with Crippen LogP contribution in [0.3, 0.4) is 0 Å². The monoisotopic (exact) mass is 151 g/mol. The molecule has 0 heterocycles. The Labute approximate surface area is 68.2 Å². The van der Waals surface area contributed by atoms with Crippen LogP contribution in [-0.2, 0) is 4.74 Å². The molecule has 0 N–H and O–H groups in total. The number of nitrogens with zero attached hydrogens (tertiary/aromatic N) is 1. The Morgan fingerprint density at radius 2 is 1.91 bits per heavy atom. The van der Waals surface area contributed by atoms with Crippen LogP contribution in [0.15, 0.2) is 0 Å². The van der Waals surface area contributed by atoms with E-state index in [0.29, 0.717) is 13.0 Å². The van der Waals surface area contributed by atoms with Gasteiger partial charge in [-0.25, -0.2) is 0 Å². The van der Waals surface area contributed by atoms with Crippen LogP contribution in [0.25, 0.3) is 0 Å². The molecule has 0 aliphatic heterocycles.